The first-order valence-electron chi connectivity index (χ1n) is 5.08. The zero-order valence-electron chi connectivity index (χ0n) is 9.41. The molecule has 1 aromatic carbocycles. The average molecular weight is 207 g/mol. The van der Waals surface area contributed by atoms with Crippen molar-refractivity contribution < 1.29 is 9.53 Å². The lowest BCUT2D eigenvalue weighted by Gasteiger charge is -2.13. The highest BCUT2D eigenvalue weighted by molar-refractivity contribution is 5.83. The molecule has 0 saturated heterocycles. The average Bonchev–Trinajstić information content (AvgIpc) is 2.30. The summed E-state index contributed by atoms with van der Waals surface area (Å²) >= 11 is 0. The highest BCUT2D eigenvalue weighted by Crippen LogP contribution is 2.22. The van der Waals surface area contributed by atoms with Crippen molar-refractivity contribution >= 4 is 5.91 Å². The summed E-state index contributed by atoms with van der Waals surface area (Å²) in [7, 11) is 3.29. The number of rotatable bonds is 4. The van der Waals surface area contributed by atoms with Gasteiger partial charge in [-0.1, -0.05) is 19.1 Å². The van der Waals surface area contributed by atoms with E-state index in [1.54, 1.807) is 14.2 Å². The smallest absolute Gasteiger partial charge is 0.227 e. The van der Waals surface area contributed by atoms with Gasteiger partial charge in [-0.15, -0.1) is 0 Å². The summed E-state index contributed by atoms with van der Waals surface area (Å²) in [5, 5.41) is 2.67. The SMILES string of the molecule is CC[C@@H](C(=O)NC)c1ccc(OC)cc1. The topological polar surface area (TPSA) is 38.3 Å². The second-order valence-corrected chi connectivity index (χ2v) is 3.35. The molecule has 3 heteroatoms. The van der Waals surface area contributed by atoms with E-state index >= 15 is 0 Å². The molecule has 0 unspecified atom stereocenters. The van der Waals surface area contributed by atoms with Crippen LogP contribution in [0.4, 0.5) is 0 Å². The molecule has 0 saturated carbocycles. The fourth-order valence-electron chi connectivity index (χ4n) is 1.58. The summed E-state index contributed by atoms with van der Waals surface area (Å²) in [6.45, 7) is 2.00. The summed E-state index contributed by atoms with van der Waals surface area (Å²) in [5.74, 6) is 0.800. The number of nitrogens with one attached hydrogen (secondary N) is 1. The standard InChI is InChI=1S/C12H17NO2/c1-4-11(12(14)13-2)9-5-7-10(15-3)8-6-9/h5-8,11H,4H2,1-3H3,(H,13,14)/t11-/m1/s1. The van der Waals surface area contributed by atoms with Crippen molar-refractivity contribution in [1.29, 1.82) is 0 Å². The number of ether oxygens (including phenoxy) is 1. The molecule has 82 valence electrons. The van der Waals surface area contributed by atoms with E-state index in [-0.39, 0.29) is 11.8 Å². The number of carbonyl (C=O) groups excluding carboxylic acids is 1. The molecule has 0 spiro atoms. The number of methoxy groups -OCH3 is 1. The number of benzene rings is 1. The highest BCUT2D eigenvalue weighted by atomic mass is 16.5. The first-order chi connectivity index (χ1) is 7.22. The molecule has 0 aliphatic carbocycles. The summed E-state index contributed by atoms with van der Waals surface area (Å²) in [4.78, 5) is 11.6. The Balaban J connectivity index is 2.87. The molecule has 3 nitrogen and oxygen atoms in total. The van der Waals surface area contributed by atoms with E-state index in [0.29, 0.717) is 0 Å². The summed E-state index contributed by atoms with van der Waals surface area (Å²) < 4.78 is 5.07. The molecule has 1 aromatic rings. The number of hydrogen-bond acceptors (Lipinski definition) is 2. The monoisotopic (exact) mass is 207 g/mol. The van der Waals surface area contributed by atoms with Gasteiger partial charge in [-0.05, 0) is 24.1 Å². The van der Waals surface area contributed by atoms with E-state index in [2.05, 4.69) is 5.32 Å². The van der Waals surface area contributed by atoms with E-state index in [1.165, 1.54) is 0 Å². The van der Waals surface area contributed by atoms with Gasteiger partial charge in [0.05, 0.1) is 13.0 Å². The van der Waals surface area contributed by atoms with Crippen LogP contribution in [0.25, 0.3) is 0 Å². The van der Waals surface area contributed by atoms with Crippen molar-refractivity contribution in [1.82, 2.24) is 5.32 Å². The van der Waals surface area contributed by atoms with Gasteiger partial charge in [-0.3, -0.25) is 4.79 Å². The minimum Gasteiger partial charge on any atom is -0.497 e. The predicted molar refractivity (Wildman–Crippen MR) is 60.1 cm³/mol. The Morgan fingerprint density at radius 3 is 2.40 bits per heavy atom. The molecular formula is C12H17NO2. The second kappa shape index (κ2) is 5.39. The van der Waals surface area contributed by atoms with Crippen LogP contribution in [0.3, 0.4) is 0 Å². The normalized spacial score (nSPS) is 11.9. The number of hydrogen-bond donors (Lipinski definition) is 1. The Hall–Kier alpha value is -1.51. The molecule has 1 rings (SSSR count). The van der Waals surface area contributed by atoms with E-state index in [1.807, 2.05) is 31.2 Å². The van der Waals surface area contributed by atoms with Crippen molar-refractivity contribution in [3.63, 3.8) is 0 Å². The van der Waals surface area contributed by atoms with Gasteiger partial charge in [0.25, 0.3) is 0 Å². The van der Waals surface area contributed by atoms with Gasteiger partial charge in [-0.2, -0.15) is 0 Å². The maximum absolute atomic E-state index is 11.6. The molecule has 0 aliphatic heterocycles. The lowest BCUT2D eigenvalue weighted by molar-refractivity contribution is -0.122. The second-order valence-electron chi connectivity index (χ2n) is 3.35. The van der Waals surface area contributed by atoms with Crippen LogP contribution in [0.5, 0.6) is 5.75 Å². The molecule has 0 radical (unpaired) electrons. The Bertz CT molecular complexity index is 319. The van der Waals surface area contributed by atoms with Gasteiger partial charge in [0, 0.05) is 7.05 Å². The quantitative estimate of drug-likeness (QED) is 0.819. The number of amides is 1. The first kappa shape index (κ1) is 11.6. The predicted octanol–water partition coefficient (Wildman–Crippen LogP) is 1.93. The Kier molecular flexibility index (Phi) is 4.16. The van der Waals surface area contributed by atoms with E-state index in [0.717, 1.165) is 17.7 Å². The third-order valence-corrected chi connectivity index (χ3v) is 2.49. The molecule has 0 aliphatic rings. The molecule has 1 amide bonds. The largest absolute Gasteiger partial charge is 0.497 e. The van der Waals surface area contributed by atoms with Crippen LogP contribution in [-0.4, -0.2) is 20.1 Å². The Labute approximate surface area is 90.4 Å². The van der Waals surface area contributed by atoms with Crippen molar-refractivity contribution in [3.8, 4) is 5.75 Å². The first-order valence-corrected chi connectivity index (χ1v) is 5.08. The molecule has 1 N–H and O–H groups in total. The van der Waals surface area contributed by atoms with Gasteiger partial charge < -0.3 is 10.1 Å². The Morgan fingerprint density at radius 1 is 1.40 bits per heavy atom. The molecular weight excluding hydrogens is 190 g/mol. The van der Waals surface area contributed by atoms with Gasteiger partial charge in [0.2, 0.25) is 5.91 Å². The third-order valence-electron chi connectivity index (χ3n) is 2.49. The molecule has 0 bridgehead atoms. The van der Waals surface area contributed by atoms with Crippen LogP contribution in [0.2, 0.25) is 0 Å². The van der Waals surface area contributed by atoms with E-state index < -0.39 is 0 Å². The van der Waals surface area contributed by atoms with Gasteiger partial charge in [0.15, 0.2) is 0 Å². The lowest BCUT2D eigenvalue weighted by atomic mass is 9.95. The maximum Gasteiger partial charge on any atom is 0.227 e. The fourth-order valence-corrected chi connectivity index (χ4v) is 1.58. The number of carbonyl (C=O) groups is 1. The van der Waals surface area contributed by atoms with Gasteiger partial charge >= 0.3 is 0 Å². The Morgan fingerprint density at radius 2 is 2.00 bits per heavy atom. The highest BCUT2D eigenvalue weighted by Gasteiger charge is 2.16. The van der Waals surface area contributed by atoms with Crippen molar-refractivity contribution in [2.75, 3.05) is 14.2 Å². The number of likely N-dealkylation sites (N-methyl/N-ethyl adjacent to an activating group) is 1. The molecule has 0 aromatic heterocycles. The van der Waals surface area contributed by atoms with Crippen molar-refractivity contribution in [2.45, 2.75) is 19.3 Å². The summed E-state index contributed by atoms with van der Waals surface area (Å²) in [6.07, 6.45) is 0.798. The minimum atomic E-state index is -0.0686. The van der Waals surface area contributed by atoms with Crippen molar-refractivity contribution in [3.05, 3.63) is 29.8 Å². The molecule has 0 heterocycles. The minimum absolute atomic E-state index is 0.0580. The summed E-state index contributed by atoms with van der Waals surface area (Å²) in [5.41, 5.74) is 1.03. The van der Waals surface area contributed by atoms with Crippen LogP contribution < -0.4 is 10.1 Å². The molecule has 15 heavy (non-hydrogen) atoms. The van der Waals surface area contributed by atoms with Crippen LogP contribution in [0.15, 0.2) is 24.3 Å². The van der Waals surface area contributed by atoms with E-state index in [4.69, 9.17) is 4.74 Å². The van der Waals surface area contributed by atoms with E-state index in [9.17, 15) is 4.79 Å². The lowest BCUT2D eigenvalue weighted by Crippen LogP contribution is -2.25. The fraction of sp³-hybridized carbons (Fsp3) is 0.417. The van der Waals surface area contributed by atoms with Crippen molar-refractivity contribution in [2.24, 2.45) is 0 Å². The molecule has 1 atom stereocenters. The van der Waals surface area contributed by atoms with Gasteiger partial charge in [-0.25, -0.2) is 0 Å². The molecule has 0 fully saturated rings. The maximum atomic E-state index is 11.6. The van der Waals surface area contributed by atoms with Crippen LogP contribution >= 0.6 is 0 Å². The zero-order valence-corrected chi connectivity index (χ0v) is 9.41. The zero-order chi connectivity index (χ0) is 11.3. The van der Waals surface area contributed by atoms with Gasteiger partial charge in [0.1, 0.15) is 5.75 Å². The summed E-state index contributed by atoms with van der Waals surface area (Å²) in [6, 6.07) is 7.62. The third kappa shape index (κ3) is 2.72. The van der Waals surface area contributed by atoms with Crippen LogP contribution in [-0.2, 0) is 4.79 Å². The van der Waals surface area contributed by atoms with Crippen LogP contribution in [0, 0.1) is 0 Å². The van der Waals surface area contributed by atoms with Crippen LogP contribution in [0.1, 0.15) is 24.8 Å².